The highest BCUT2D eigenvalue weighted by atomic mass is 16.3. The van der Waals surface area contributed by atoms with E-state index >= 15 is 0 Å². The molecule has 0 aliphatic heterocycles. The fourth-order valence-corrected chi connectivity index (χ4v) is 1.83. The zero-order chi connectivity index (χ0) is 14.7. The maximum absolute atomic E-state index is 12.1. The smallest absolute Gasteiger partial charge is 0.255 e. The zero-order valence-electron chi connectivity index (χ0n) is 11.3. The van der Waals surface area contributed by atoms with Crippen LogP contribution in [0.2, 0.25) is 0 Å². The molecule has 0 spiro atoms. The van der Waals surface area contributed by atoms with Crippen molar-refractivity contribution in [2.75, 3.05) is 5.32 Å². The minimum absolute atomic E-state index is 0.207. The Morgan fingerprint density at radius 3 is 2.40 bits per heavy atom. The van der Waals surface area contributed by atoms with Gasteiger partial charge in [-0.25, -0.2) is 0 Å². The van der Waals surface area contributed by atoms with Crippen LogP contribution in [0, 0.1) is 25.2 Å². The van der Waals surface area contributed by atoms with Crippen molar-refractivity contribution in [2.45, 2.75) is 13.8 Å². The molecule has 0 bridgehead atoms. The molecule has 2 aromatic rings. The third kappa shape index (κ3) is 2.78. The Labute approximate surface area is 117 Å². The molecule has 0 saturated carbocycles. The standard InChI is InChI=1S/C16H14N2O2/c1-10-8-15(19)11(2)7-14(10)18-16(20)13-5-3-12(9-17)4-6-13/h3-8,19H,1-2H3,(H,18,20). The largest absolute Gasteiger partial charge is 0.508 e. The molecule has 2 rings (SSSR count). The Bertz CT molecular complexity index is 698. The van der Waals surface area contributed by atoms with Gasteiger partial charge in [0.25, 0.3) is 5.91 Å². The minimum Gasteiger partial charge on any atom is -0.508 e. The van der Waals surface area contributed by atoms with E-state index in [-0.39, 0.29) is 11.7 Å². The lowest BCUT2D eigenvalue weighted by atomic mass is 10.1. The van der Waals surface area contributed by atoms with Crippen LogP contribution in [0.3, 0.4) is 0 Å². The molecular weight excluding hydrogens is 252 g/mol. The first kappa shape index (κ1) is 13.6. The Kier molecular flexibility index (Phi) is 3.72. The number of aryl methyl sites for hydroxylation is 2. The number of phenols is 1. The molecule has 100 valence electrons. The van der Waals surface area contributed by atoms with Gasteiger partial charge in [0.05, 0.1) is 11.6 Å². The van der Waals surface area contributed by atoms with Gasteiger partial charge in [0.1, 0.15) is 5.75 Å². The molecule has 0 heterocycles. The molecule has 0 saturated heterocycles. The Morgan fingerprint density at radius 2 is 1.80 bits per heavy atom. The summed E-state index contributed by atoms with van der Waals surface area (Å²) in [5, 5.41) is 21.1. The van der Waals surface area contributed by atoms with Crippen molar-refractivity contribution < 1.29 is 9.90 Å². The maximum atomic E-state index is 12.1. The molecular formula is C16H14N2O2. The van der Waals surface area contributed by atoms with Gasteiger partial charge in [-0.15, -0.1) is 0 Å². The topological polar surface area (TPSA) is 73.1 Å². The second-order valence-corrected chi connectivity index (χ2v) is 4.60. The van der Waals surface area contributed by atoms with Crippen molar-refractivity contribution >= 4 is 11.6 Å². The van der Waals surface area contributed by atoms with Crippen LogP contribution in [0.1, 0.15) is 27.0 Å². The Hall–Kier alpha value is -2.80. The molecule has 0 radical (unpaired) electrons. The van der Waals surface area contributed by atoms with Crippen molar-refractivity contribution in [3.63, 3.8) is 0 Å². The number of nitrogens with one attached hydrogen (secondary N) is 1. The summed E-state index contributed by atoms with van der Waals surface area (Å²) in [7, 11) is 0. The molecule has 20 heavy (non-hydrogen) atoms. The highest BCUT2D eigenvalue weighted by Crippen LogP contribution is 2.25. The summed E-state index contributed by atoms with van der Waals surface area (Å²) in [4.78, 5) is 12.1. The SMILES string of the molecule is Cc1cc(NC(=O)c2ccc(C#N)cc2)c(C)cc1O. The lowest BCUT2D eigenvalue weighted by Gasteiger charge is -2.10. The summed E-state index contributed by atoms with van der Waals surface area (Å²) in [6.07, 6.45) is 0. The number of nitriles is 1. The zero-order valence-corrected chi connectivity index (χ0v) is 11.3. The van der Waals surface area contributed by atoms with E-state index in [2.05, 4.69) is 5.32 Å². The molecule has 2 aromatic carbocycles. The van der Waals surface area contributed by atoms with E-state index in [9.17, 15) is 9.90 Å². The van der Waals surface area contributed by atoms with Crippen LogP contribution in [-0.2, 0) is 0 Å². The molecule has 0 aliphatic rings. The summed E-state index contributed by atoms with van der Waals surface area (Å²) in [6, 6.07) is 11.8. The van der Waals surface area contributed by atoms with E-state index in [1.807, 2.05) is 13.0 Å². The number of amides is 1. The monoisotopic (exact) mass is 266 g/mol. The first-order valence-electron chi connectivity index (χ1n) is 6.13. The first-order valence-corrected chi connectivity index (χ1v) is 6.13. The molecule has 4 nitrogen and oxygen atoms in total. The van der Waals surface area contributed by atoms with Crippen molar-refractivity contribution in [1.82, 2.24) is 0 Å². The number of nitrogens with zero attached hydrogens (tertiary/aromatic N) is 1. The predicted octanol–water partition coefficient (Wildman–Crippen LogP) is 3.13. The van der Waals surface area contributed by atoms with E-state index in [1.165, 1.54) is 0 Å². The number of phenolic OH excluding ortho intramolecular Hbond substituents is 1. The molecule has 0 atom stereocenters. The van der Waals surface area contributed by atoms with Gasteiger partial charge >= 0.3 is 0 Å². The molecule has 1 amide bonds. The maximum Gasteiger partial charge on any atom is 0.255 e. The van der Waals surface area contributed by atoms with Crippen LogP contribution >= 0.6 is 0 Å². The average molecular weight is 266 g/mol. The fourth-order valence-electron chi connectivity index (χ4n) is 1.83. The second-order valence-electron chi connectivity index (χ2n) is 4.60. The van der Waals surface area contributed by atoms with Crippen molar-refractivity contribution in [1.29, 1.82) is 5.26 Å². The van der Waals surface area contributed by atoms with Crippen LogP contribution in [-0.4, -0.2) is 11.0 Å². The first-order chi connectivity index (χ1) is 9.51. The van der Waals surface area contributed by atoms with Gasteiger partial charge in [0.15, 0.2) is 0 Å². The molecule has 0 aromatic heterocycles. The third-order valence-electron chi connectivity index (χ3n) is 3.07. The van der Waals surface area contributed by atoms with Gasteiger partial charge in [-0.1, -0.05) is 0 Å². The average Bonchev–Trinajstić information content (AvgIpc) is 2.44. The van der Waals surface area contributed by atoms with E-state index < -0.39 is 0 Å². The third-order valence-corrected chi connectivity index (χ3v) is 3.07. The number of anilines is 1. The number of carbonyl (C=O) groups is 1. The van der Waals surface area contributed by atoms with Gasteiger partial charge in [-0.05, 0) is 61.4 Å². The van der Waals surface area contributed by atoms with Crippen LogP contribution < -0.4 is 5.32 Å². The van der Waals surface area contributed by atoms with Gasteiger partial charge in [-0.2, -0.15) is 5.26 Å². The normalized spacial score (nSPS) is 9.85. The van der Waals surface area contributed by atoms with E-state index in [0.29, 0.717) is 22.4 Å². The van der Waals surface area contributed by atoms with E-state index in [0.717, 1.165) is 5.56 Å². The van der Waals surface area contributed by atoms with Crippen molar-refractivity contribution in [3.05, 3.63) is 58.7 Å². The summed E-state index contributed by atoms with van der Waals surface area (Å²) >= 11 is 0. The molecule has 0 fully saturated rings. The van der Waals surface area contributed by atoms with Crippen LogP contribution in [0.5, 0.6) is 5.75 Å². The van der Waals surface area contributed by atoms with Gasteiger partial charge < -0.3 is 10.4 Å². The summed E-state index contributed by atoms with van der Waals surface area (Å²) in [5.74, 6) is -0.0402. The number of hydrogen-bond donors (Lipinski definition) is 2. The van der Waals surface area contributed by atoms with Gasteiger partial charge in [-0.3, -0.25) is 4.79 Å². The summed E-state index contributed by atoms with van der Waals surface area (Å²) < 4.78 is 0. The molecule has 0 unspecified atom stereocenters. The minimum atomic E-state index is -0.248. The van der Waals surface area contributed by atoms with E-state index in [1.54, 1.807) is 43.3 Å². The van der Waals surface area contributed by atoms with Crippen molar-refractivity contribution in [2.24, 2.45) is 0 Å². The number of aromatic hydroxyl groups is 1. The lowest BCUT2D eigenvalue weighted by Crippen LogP contribution is -2.12. The van der Waals surface area contributed by atoms with Crippen LogP contribution in [0.15, 0.2) is 36.4 Å². The highest BCUT2D eigenvalue weighted by Gasteiger charge is 2.09. The van der Waals surface area contributed by atoms with Crippen molar-refractivity contribution in [3.8, 4) is 11.8 Å². The van der Waals surface area contributed by atoms with Gasteiger partial charge in [0.2, 0.25) is 0 Å². The molecule has 4 heteroatoms. The Balaban J connectivity index is 2.23. The van der Waals surface area contributed by atoms with Gasteiger partial charge in [0, 0.05) is 11.3 Å². The second kappa shape index (κ2) is 5.45. The summed E-state index contributed by atoms with van der Waals surface area (Å²) in [5.41, 5.74) is 3.14. The quantitative estimate of drug-likeness (QED) is 0.820. The lowest BCUT2D eigenvalue weighted by molar-refractivity contribution is 0.102. The number of rotatable bonds is 2. The Morgan fingerprint density at radius 1 is 1.15 bits per heavy atom. The summed E-state index contributed by atoms with van der Waals surface area (Å²) in [6.45, 7) is 3.58. The predicted molar refractivity (Wildman–Crippen MR) is 76.7 cm³/mol. The van der Waals surface area contributed by atoms with Crippen LogP contribution in [0.4, 0.5) is 5.69 Å². The number of hydrogen-bond acceptors (Lipinski definition) is 3. The van der Waals surface area contributed by atoms with E-state index in [4.69, 9.17) is 5.26 Å². The number of benzene rings is 2. The highest BCUT2D eigenvalue weighted by molar-refractivity contribution is 6.04. The molecule has 2 N–H and O–H groups in total. The number of carbonyl (C=O) groups excluding carboxylic acids is 1. The fraction of sp³-hybridized carbons (Fsp3) is 0.125. The van der Waals surface area contributed by atoms with Crippen LogP contribution in [0.25, 0.3) is 0 Å². The molecule has 0 aliphatic carbocycles.